The molecule has 86 valence electrons. The van der Waals surface area contributed by atoms with Crippen LogP contribution in [0.15, 0.2) is 0 Å². The highest BCUT2D eigenvalue weighted by atomic mass is 15.1. The van der Waals surface area contributed by atoms with Crippen LogP contribution in [0.4, 0.5) is 0 Å². The smallest absolute Gasteiger partial charge is 0.00187 e. The van der Waals surface area contributed by atoms with Gasteiger partial charge in [-0.2, -0.15) is 0 Å². The maximum absolute atomic E-state index is 2.66. The Bertz CT molecular complexity index is 93.4. The van der Waals surface area contributed by atoms with Crippen molar-refractivity contribution in [3.63, 3.8) is 0 Å². The molecular weight excluding hydrogens is 170 g/mol. The Morgan fingerprint density at radius 1 is 0.571 bits per heavy atom. The molecule has 1 heteroatoms. The van der Waals surface area contributed by atoms with Gasteiger partial charge in [-0.1, -0.05) is 46.5 Å². The fourth-order valence-electron chi connectivity index (χ4n) is 1.68. The molecule has 0 rings (SSSR count). The van der Waals surface area contributed by atoms with Gasteiger partial charge in [0.1, 0.15) is 0 Å². The van der Waals surface area contributed by atoms with Crippen molar-refractivity contribution in [2.75, 3.05) is 19.6 Å². The molecule has 0 aliphatic rings. The molecule has 0 radical (unpaired) electrons. The zero-order valence-corrected chi connectivity index (χ0v) is 10.5. The summed E-state index contributed by atoms with van der Waals surface area (Å²) in [6, 6.07) is 0. The number of nitrogens with zero attached hydrogens (tertiary/aromatic N) is 1. The van der Waals surface area contributed by atoms with Gasteiger partial charge in [-0.05, 0) is 38.9 Å². The minimum absolute atomic E-state index is 1.32. The highest BCUT2D eigenvalue weighted by Gasteiger charge is 2.02. The summed E-state index contributed by atoms with van der Waals surface area (Å²) < 4.78 is 0. The van der Waals surface area contributed by atoms with Gasteiger partial charge in [0, 0.05) is 0 Å². The van der Waals surface area contributed by atoms with Crippen molar-refractivity contribution in [2.24, 2.45) is 0 Å². The predicted octanol–water partition coefficient (Wildman–Crippen LogP) is 4.08. The predicted molar refractivity (Wildman–Crippen MR) is 65.8 cm³/mol. The summed E-state index contributed by atoms with van der Waals surface area (Å²) >= 11 is 0. The van der Waals surface area contributed by atoms with Crippen LogP contribution in [0.5, 0.6) is 0 Å². The van der Waals surface area contributed by atoms with E-state index in [0.29, 0.717) is 0 Å². The topological polar surface area (TPSA) is 3.24 Å². The molecule has 0 fully saturated rings. The van der Waals surface area contributed by atoms with Crippen molar-refractivity contribution in [2.45, 2.75) is 65.7 Å². The quantitative estimate of drug-likeness (QED) is 0.479. The lowest BCUT2D eigenvalue weighted by atomic mass is 10.2. The van der Waals surface area contributed by atoms with E-state index in [1.807, 2.05) is 0 Å². The summed E-state index contributed by atoms with van der Waals surface area (Å²) in [7, 11) is 0. The number of hydrogen-bond donors (Lipinski definition) is 0. The molecule has 0 aromatic rings. The summed E-state index contributed by atoms with van der Waals surface area (Å²) in [5, 5.41) is 0. The normalized spacial score (nSPS) is 11.1. The summed E-state index contributed by atoms with van der Waals surface area (Å²) in [5.41, 5.74) is 0. The molecule has 0 heterocycles. The van der Waals surface area contributed by atoms with Crippen molar-refractivity contribution in [3.05, 3.63) is 0 Å². The minimum Gasteiger partial charge on any atom is -0.303 e. The molecule has 0 saturated carbocycles. The van der Waals surface area contributed by atoms with Gasteiger partial charge in [-0.25, -0.2) is 0 Å². The molecule has 14 heavy (non-hydrogen) atoms. The van der Waals surface area contributed by atoms with Gasteiger partial charge >= 0.3 is 0 Å². The van der Waals surface area contributed by atoms with E-state index in [1.165, 1.54) is 64.6 Å². The van der Waals surface area contributed by atoms with Crippen LogP contribution in [0.3, 0.4) is 0 Å². The maximum Gasteiger partial charge on any atom is -0.00187 e. The zero-order chi connectivity index (χ0) is 10.6. The second kappa shape index (κ2) is 11.0. The maximum atomic E-state index is 2.66. The van der Waals surface area contributed by atoms with Crippen LogP contribution in [0.25, 0.3) is 0 Å². The molecule has 0 N–H and O–H groups in total. The van der Waals surface area contributed by atoms with Gasteiger partial charge in [-0.3, -0.25) is 0 Å². The van der Waals surface area contributed by atoms with Crippen molar-refractivity contribution in [1.82, 2.24) is 4.90 Å². The third-order valence-electron chi connectivity index (χ3n) is 2.73. The Balaban J connectivity index is 3.49. The van der Waals surface area contributed by atoms with E-state index in [1.54, 1.807) is 0 Å². The van der Waals surface area contributed by atoms with Crippen LogP contribution in [0.2, 0.25) is 0 Å². The average Bonchev–Trinajstić information content (AvgIpc) is 2.21. The molecule has 0 bridgehead atoms. The molecule has 0 aliphatic heterocycles. The molecule has 0 atom stereocenters. The molecule has 1 nitrogen and oxygen atoms in total. The Morgan fingerprint density at radius 2 is 1.00 bits per heavy atom. The summed E-state index contributed by atoms with van der Waals surface area (Å²) in [4.78, 5) is 2.66. The Hall–Kier alpha value is -0.0400. The highest BCUT2D eigenvalue weighted by molar-refractivity contribution is 4.57. The van der Waals surface area contributed by atoms with E-state index in [-0.39, 0.29) is 0 Å². The van der Waals surface area contributed by atoms with Crippen LogP contribution in [-0.4, -0.2) is 24.5 Å². The SMILES string of the molecule is CCCCCN(CCCC)CCCC. The third-order valence-corrected chi connectivity index (χ3v) is 2.73. The van der Waals surface area contributed by atoms with Gasteiger partial charge < -0.3 is 4.90 Å². The monoisotopic (exact) mass is 199 g/mol. The van der Waals surface area contributed by atoms with Crippen LogP contribution in [0.1, 0.15) is 65.7 Å². The summed E-state index contributed by atoms with van der Waals surface area (Å²) in [5.74, 6) is 0. The minimum atomic E-state index is 1.32. The average molecular weight is 199 g/mol. The molecule has 0 amide bonds. The van der Waals surface area contributed by atoms with E-state index in [9.17, 15) is 0 Å². The van der Waals surface area contributed by atoms with E-state index in [2.05, 4.69) is 25.7 Å². The molecule has 0 aromatic heterocycles. The zero-order valence-electron chi connectivity index (χ0n) is 10.5. The van der Waals surface area contributed by atoms with Crippen LogP contribution in [0, 0.1) is 0 Å². The van der Waals surface area contributed by atoms with Crippen molar-refractivity contribution in [1.29, 1.82) is 0 Å². The van der Waals surface area contributed by atoms with E-state index in [0.717, 1.165) is 0 Å². The summed E-state index contributed by atoms with van der Waals surface area (Å²) in [6.07, 6.45) is 9.53. The number of unbranched alkanes of at least 4 members (excludes halogenated alkanes) is 4. The molecule has 0 saturated heterocycles. The lowest BCUT2D eigenvalue weighted by Crippen LogP contribution is -2.27. The molecule has 0 aromatic carbocycles. The fourth-order valence-corrected chi connectivity index (χ4v) is 1.68. The van der Waals surface area contributed by atoms with Gasteiger partial charge in [-0.15, -0.1) is 0 Å². The highest BCUT2D eigenvalue weighted by Crippen LogP contribution is 2.03. The fraction of sp³-hybridized carbons (Fsp3) is 1.00. The second-order valence-corrected chi connectivity index (χ2v) is 4.26. The first kappa shape index (κ1) is 14.0. The van der Waals surface area contributed by atoms with Crippen LogP contribution < -0.4 is 0 Å². The van der Waals surface area contributed by atoms with Crippen molar-refractivity contribution < 1.29 is 0 Å². The first-order chi connectivity index (χ1) is 6.85. The lowest BCUT2D eigenvalue weighted by molar-refractivity contribution is 0.259. The number of hydrogen-bond acceptors (Lipinski definition) is 1. The van der Waals surface area contributed by atoms with E-state index >= 15 is 0 Å². The second-order valence-electron chi connectivity index (χ2n) is 4.26. The molecule has 0 unspecified atom stereocenters. The van der Waals surface area contributed by atoms with Crippen molar-refractivity contribution >= 4 is 0 Å². The van der Waals surface area contributed by atoms with Crippen LogP contribution >= 0.6 is 0 Å². The first-order valence-electron chi connectivity index (χ1n) is 6.57. The Kier molecular flexibility index (Phi) is 11.0. The Labute approximate surface area is 90.9 Å². The van der Waals surface area contributed by atoms with Gasteiger partial charge in [0.05, 0.1) is 0 Å². The Morgan fingerprint density at radius 3 is 1.43 bits per heavy atom. The van der Waals surface area contributed by atoms with Gasteiger partial charge in [0.15, 0.2) is 0 Å². The van der Waals surface area contributed by atoms with Gasteiger partial charge in [0.2, 0.25) is 0 Å². The third kappa shape index (κ3) is 8.55. The van der Waals surface area contributed by atoms with Gasteiger partial charge in [0.25, 0.3) is 0 Å². The summed E-state index contributed by atoms with van der Waals surface area (Å²) in [6.45, 7) is 10.8. The van der Waals surface area contributed by atoms with Crippen molar-refractivity contribution in [3.8, 4) is 0 Å². The molecular formula is C13H29N. The number of rotatable bonds is 10. The van der Waals surface area contributed by atoms with E-state index in [4.69, 9.17) is 0 Å². The first-order valence-corrected chi connectivity index (χ1v) is 6.57. The molecule has 0 spiro atoms. The van der Waals surface area contributed by atoms with Crippen LogP contribution in [-0.2, 0) is 0 Å². The molecule has 0 aliphatic carbocycles. The lowest BCUT2D eigenvalue weighted by Gasteiger charge is -2.21. The largest absolute Gasteiger partial charge is 0.303 e. The standard InChI is InChI=1S/C13H29N/c1-4-7-10-13-14(11-8-5-2)12-9-6-3/h4-13H2,1-3H3. The van der Waals surface area contributed by atoms with E-state index < -0.39 is 0 Å².